The molecule has 0 aliphatic carbocycles. The van der Waals surface area contributed by atoms with Crippen LogP contribution in [-0.2, 0) is 0 Å². The van der Waals surface area contributed by atoms with Crippen molar-refractivity contribution in [2.24, 2.45) is 5.73 Å². The van der Waals surface area contributed by atoms with Gasteiger partial charge in [-0.2, -0.15) is 0 Å². The maximum Gasteiger partial charge on any atom is 0.0746 e. The number of aromatic nitrogens is 1. The highest BCUT2D eigenvalue weighted by Gasteiger charge is 1.98. The molecule has 0 fully saturated rings. The van der Waals surface area contributed by atoms with Gasteiger partial charge in [0, 0.05) is 29.2 Å². The van der Waals surface area contributed by atoms with E-state index >= 15 is 0 Å². The molecule has 0 saturated carbocycles. The molecule has 12 heavy (non-hydrogen) atoms. The van der Waals surface area contributed by atoms with E-state index in [0.29, 0.717) is 16.3 Å². The molecule has 0 atom stereocenters. The largest absolute Gasteiger partial charge is 0.404 e. The van der Waals surface area contributed by atoms with Crippen molar-refractivity contribution in [3.8, 4) is 0 Å². The monoisotopic (exact) mass is 181 g/mol. The Labute approximate surface area is 75.4 Å². The van der Waals surface area contributed by atoms with E-state index in [4.69, 9.17) is 22.7 Å². The molecule has 1 rings (SSSR count). The lowest BCUT2D eigenvalue weighted by atomic mass is 10.2. The summed E-state index contributed by atoms with van der Waals surface area (Å²) in [5, 5.41) is 7.60. The van der Waals surface area contributed by atoms with Gasteiger partial charge in [0.25, 0.3) is 0 Å². The second kappa shape index (κ2) is 3.88. The first-order valence-corrected chi connectivity index (χ1v) is 3.70. The number of nitrogens with one attached hydrogen (secondary N) is 1. The first-order chi connectivity index (χ1) is 5.77. The summed E-state index contributed by atoms with van der Waals surface area (Å²) in [6.07, 6.45) is 4.04. The number of nitrogens with zero attached hydrogens (tertiary/aromatic N) is 1. The molecular weight excluding hydrogens is 174 g/mol. The van der Waals surface area contributed by atoms with Crippen molar-refractivity contribution in [2.75, 3.05) is 0 Å². The van der Waals surface area contributed by atoms with Crippen LogP contribution in [0.4, 0.5) is 0 Å². The highest BCUT2D eigenvalue weighted by molar-refractivity contribution is 6.30. The van der Waals surface area contributed by atoms with Gasteiger partial charge < -0.3 is 11.1 Å². The van der Waals surface area contributed by atoms with Crippen LogP contribution in [0.25, 0.3) is 5.57 Å². The van der Waals surface area contributed by atoms with Crippen LogP contribution in [0.1, 0.15) is 5.69 Å². The molecule has 0 radical (unpaired) electrons. The second-order valence-electron chi connectivity index (χ2n) is 2.13. The molecule has 0 aliphatic rings. The quantitative estimate of drug-likeness (QED) is 0.682. The first-order valence-electron chi connectivity index (χ1n) is 3.32. The van der Waals surface area contributed by atoms with E-state index in [1.54, 1.807) is 18.3 Å². The fourth-order valence-corrected chi connectivity index (χ4v) is 0.930. The number of pyridine rings is 1. The SMILES string of the molecule is N=CC(=CN)c1cc(Cl)ccn1. The van der Waals surface area contributed by atoms with Gasteiger partial charge in [-0.1, -0.05) is 11.6 Å². The summed E-state index contributed by atoms with van der Waals surface area (Å²) in [6.45, 7) is 0. The topological polar surface area (TPSA) is 62.8 Å². The Morgan fingerprint density at radius 3 is 2.92 bits per heavy atom. The molecular formula is C8H8ClN3. The molecule has 3 nitrogen and oxygen atoms in total. The zero-order valence-electron chi connectivity index (χ0n) is 6.29. The number of hydrogen-bond donors (Lipinski definition) is 2. The zero-order valence-corrected chi connectivity index (χ0v) is 7.05. The summed E-state index contributed by atoms with van der Waals surface area (Å²) in [5.74, 6) is 0. The number of nitrogens with two attached hydrogens (primary N) is 1. The Morgan fingerprint density at radius 1 is 1.67 bits per heavy atom. The normalized spacial score (nSPS) is 11.2. The molecule has 4 heteroatoms. The highest BCUT2D eigenvalue weighted by Crippen LogP contribution is 2.13. The summed E-state index contributed by atoms with van der Waals surface area (Å²) >= 11 is 5.72. The van der Waals surface area contributed by atoms with Gasteiger partial charge in [0.05, 0.1) is 5.69 Å². The number of allylic oxidation sites excluding steroid dienone is 1. The Hall–Kier alpha value is -1.35. The molecule has 1 aromatic heterocycles. The van der Waals surface area contributed by atoms with E-state index in [1.807, 2.05) is 0 Å². The van der Waals surface area contributed by atoms with E-state index in [2.05, 4.69) is 4.98 Å². The van der Waals surface area contributed by atoms with Crippen molar-refractivity contribution >= 4 is 23.4 Å². The third-order valence-corrected chi connectivity index (χ3v) is 1.59. The Balaban J connectivity index is 3.10. The van der Waals surface area contributed by atoms with Crippen molar-refractivity contribution in [2.45, 2.75) is 0 Å². The number of hydrogen-bond acceptors (Lipinski definition) is 3. The smallest absolute Gasteiger partial charge is 0.0746 e. The third-order valence-electron chi connectivity index (χ3n) is 1.35. The van der Waals surface area contributed by atoms with Gasteiger partial charge in [-0.3, -0.25) is 4.98 Å². The van der Waals surface area contributed by atoms with Crippen molar-refractivity contribution in [3.05, 3.63) is 35.2 Å². The average molecular weight is 182 g/mol. The fourth-order valence-electron chi connectivity index (χ4n) is 0.770. The molecule has 0 spiro atoms. The molecule has 0 aromatic carbocycles. The number of halogens is 1. The van der Waals surface area contributed by atoms with E-state index in [9.17, 15) is 0 Å². The minimum absolute atomic E-state index is 0.553. The minimum atomic E-state index is 0.553. The fraction of sp³-hybridized carbons (Fsp3) is 0. The Bertz CT molecular complexity index is 320. The summed E-state index contributed by atoms with van der Waals surface area (Å²) in [4.78, 5) is 4.00. The van der Waals surface area contributed by atoms with Gasteiger partial charge >= 0.3 is 0 Å². The molecule has 0 aliphatic heterocycles. The van der Waals surface area contributed by atoms with Crippen LogP contribution in [0.3, 0.4) is 0 Å². The predicted octanol–water partition coefficient (Wildman–Crippen LogP) is 1.68. The molecule has 62 valence electrons. The lowest BCUT2D eigenvalue weighted by Gasteiger charge is -1.98. The molecule has 0 amide bonds. The van der Waals surface area contributed by atoms with Gasteiger partial charge in [0.1, 0.15) is 0 Å². The van der Waals surface area contributed by atoms with Crippen LogP contribution < -0.4 is 5.73 Å². The summed E-state index contributed by atoms with van der Waals surface area (Å²) in [6, 6.07) is 3.33. The predicted molar refractivity (Wildman–Crippen MR) is 50.2 cm³/mol. The van der Waals surface area contributed by atoms with E-state index < -0.39 is 0 Å². The van der Waals surface area contributed by atoms with Crippen LogP contribution >= 0.6 is 11.6 Å². The van der Waals surface area contributed by atoms with Crippen LogP contribution in [0.2, 0.25) is 5.02 Å². The van der Waals surface area contributed by atoms with Crippen molar-refractivity contribution in [1.82, 2.24) is 4.98 Å². The maximum absolute atomic E-state index is 7.01. The van der Waals surface area contributed by atoms with Gasteiger partial charge in [-0.15, -0.1) is 0 Å². The summed E-state index contributed by atoms with van der Waals surface area (Å²) in [5.41, 5.74) is 6.43. The maximum atomic E-state index is 7.01. The lowest BCUT2D eigenvalue weighted by molar-refractivity contribution is 1.28. The van der Waals surface area contributed by atoms with Crippen molar-refractivity contribution in [1.29, 1.82) is 5.41 Å². The van der Waals surface area contributed by atoms with Crippen LogP contribution in [0.5, 0.6) is 0 Å². The van der Waals surface area contributed by atoms with E-state index in [1.165, 1.54) is 6.20 Å². The molecule has 1 aromatic rings. The Kier molecular flexibility index (Phi) is 2.82. The standard InChI is InChI=1S/C8H8ClN3/c9-7-1-2-12-8(3-7)6(4-10)5-11/h1-5,10H,11H2. The number of rotatable bonds is 2. The average Bonchev–Trinajstić information content (AvgIpc) is 2.07. The van der Waals surface area contributed by atoms with Gasteiger partial charge in [0.2, 0.25) is 0 Å². The van der Waals surface area contributed by atoms with E-state index in [0.717, 1.165) is 6.21 Å². The first kappa shape index (κ1) is 8.74. The van der Waals surface area contributed by atoms with E-state index in [-0.39, 0.29) is 0 Å². The van der Waals surface area contributed by atoms with Crippen LogP contribution in [-0.4, -0.2) is 11.2 Å². The molecule has 0 bridgehead atoms. The third kappa shape index (κ3) is 1.83. The highest BCUT2D eigenvalue weighted by atomic mass is 35.5. The molecule has 1 heterocycles. The zero-order chi connectivity index (χ0) is 8.97. The van der Waals surface area contributed by atoms with Crippen molar-refractivity contribution < 1.29 is 0 Å². The van der Waals surface area contributed by atoms with Gasteiger partial charge in [-0.05, 0) is 12.1 Å². The summed E-state index contributed by atoms with van der Waals surface area (Å²) in [7, 11) is 0. The summed E-state index contributed by atoms with van der Waals surface area (Å²) < 4.78 is 0. The molecule has 3 N–H and O–H groups in total. The van der Waals surface area contributed by atoms with Crippen LogP contribution in [0.15, 0.2) is 24.5 Å². The van der Waals surface area contributed by atoms with Gasteiger partial charge in [-0.25, -0.2) is 0 Å². The van der Waals surface area contributed by atoms with Crippen LogP contribution in [0, 0.1) is 5.41 Å². The Morgan fingerprint density at radius 2 is 2.42 bits per heavy atom. The van der Waals surface area contributed by atoms with Crippen molar-refractivity contribution in [3.63, 3.8) is 0 Å². The lowest BCUT2D eigenvalue weighted by Crippen LogP contribution is -1.93. The second-order valence-corrected chi connectivity index (χ2v) is 2.56. The molecule has 0 saturated heterocycles. The minimum Gasteiger partial charge on any atom is -0.404 e. The van der Waals surface area contributed by atoms with Gasteiger partial charge in [0.15, 0.2) is 0 Å². The molecule has 0 unspecified atom stereocenters.